The van der Waals surface area contributed by atoms with Gasteiger partial charge in [-0.1, -0.05) is 48.9 Å². The van der Waals surface area contributed by atoms with Crippen LogP contribution in [0.5, 0.6) is 0 Å². The fourth-order valence-electron chi connectivity index (χ4n) is 3.70. The van der Waals surface area contributed by atoms with Gasteiger partial charge in [0.15, 0.2) is 5.82 Å². The number of nitrogens with one attached hydrogen (secondary N) is 2. The molecule has 4 rings (SSSR count). The second kappa shape index (κ2) is 8.90. The SMILES string of the molecule is C[C@H](Nc1cccc(-c2nnc3n2CCCCC3)c1)C(=O)NCc1ccccc1. The van der Waals surface area contributed by atoms with Crippen LogP contribution in [0.1, 0.15) is 37.6 Å². The van der Waals surface area contributed by atoms with Gasteiger partial charge in [-0.25, -0.2) is 0 Å². The summed E-state index contributed by atoms with van der Waals surface area (Å²) in [7, 11) is 0. The first-order valence-corrected chi connectivity index (χ1v) is 10.3. The van der Waals surface area contributed by atoms with Gasteiger partial charge in [-0.3, -0.25) is 4.79 Å². The molecule has 0 spiro atoms. The predicted molar refractivity (Wildman–Crippen MR) is 114 cm³/mol. The highest BCUT2D eigenvalue weighted by Gasteiger charge is 2.17. The van der Waals surface area contributed by atoms with Gasteiger partial charge in [0.25, 0.3) is 0 Å². The molecular weight excluding hydrogens is 362 g/mol. The fraction of sp³-hybridized carbons (Fsp3) is 0.348. The van der Waals surface area contributed by atoms with Gasteiger partial charge in [-0.05, 0) is 37.5 Å². The number of amides is 1. The van der Waals surface area contributed by atoms with Crippen molar-refractivity contribution in [3.05, 3.63) is 66.0 Å². The molecule has 6 nitrogen and oxygen atoms in total. The maximum atomic E-state index is 12.5. The van der Waals surface area contributed by atoms with Crippen LogP contribution in [-0.4, -0.2) is 26.7 Å². The third-order valence-corrected chi connectivity index (χ3v) is 5.32. The van der Waals surface area contributed by atoms with Gasteiger partial charge in [0, 0.05) is 30.8 Å². The molecule has 6 heteroatoms. The number of fused-ring (bicyclic) bond motifs is 1. The molecule has 0 saturated heterocycles. The molecule has 0 fully saturated rings. The number of nitrogens with zero attached hydrogens (tertiary/aromatic N) is 3. The van der Waals surface area contributed by atoms with Crippen molar-refractivity contribution in [2.45, 2.75) is 51.7 Å². The molecule has 1 atom stereocenters. The average Bonchev–Trinajstić information content (AvgIpc) is 3.01. The van der Waals surface area contributed by atoms with Crippen molar-refractivity contribution in [1.82, 2.24) is 20.1 Å². The van der Waals surface area contributed by atoms with E-state index in [1.807, 2.05) is 61.5 Å². The van der Waals surface area contributed by atoms with Gasteiger partial charge in [0.1, 0.15) is 11.9 Å². The lowest BCUT2D eigenvalue weighted by molar-refractivity contribution is -0.121. The van der Waals surface area contributed by atoms with Crippen LogP contribution in [0.4, 0.5) is 5.69 Å². The largest absolute Gasteiger partial charge is 0.374 e. The first-order chi connectivity index (χ1) is 14.2. The Morgan fingerprint density at radius 1 is 1.07 bits per heavy atom. The Hall–Kier alpha value is -3.15. The molecule has 29 heavy (non-hydrogen) atoms. The van der Waals surface area contributed by atoms with Crippen molar-refractivity contribution in [1.29, 1.82) is 0 Å². The summed E-state index contributed by atoms with van der Waals surface area (Å²) in [6.07, 6.45) is 4.56. The van der Waals surface area contributed by atoms with Gasteiger partial charge in [0.05, 0.1) is 0 Å². The van der Waals surface area contributed by atoms with E-state index in [0.29, 0.717) is 6.54 Å². The minimum absolute atomic E-state index is 0.0319. The van der Waals surface area contributed by atoms with Crippen LogP contribution in [0.15, 0.2) is 54.6 Å². The number of aromatic nitrogens is 3. The van der Waals surface area contributed by atoms with Crippen LogP contribution < -0.4 is 10.6 Å². The topological polar surface area (TPSA) is 71.8 Å². The monoisotopic (exact) mass is 389 g/mol. The maximum Gasteiger partial charge on any atom is 0.242 e. The summed E-state index contributed by atoms with van der Waals surface area (Å²) in [4.78, 5) is 12.5. The summed E-state index contributed by atoms with van der Waals surface area (Å²) >= 11 is 0. The van der Waals surface area contributed by atoms with Crippen LogP contribution in [0, 0.1) is 0 Å². The van der Waals surface area contributed by atoms with Crippen molar-refractivity contribution in [2.75, 3.05) is 5.32 Å². The number of carbonyl (C=O) groups is 1. The second-order valence-electron chi connectivity index (χ2n) is 7.55. The molecule has 0 radical (unpaired) electrons. The average molecular weight is 390 g/mol. The zero-order chi connectivity index (χ0) is 20.1. The molecule has 1 aliphatic heterocycles. The third kappa shape index (κ3) is 4.65. The molecule has 3 aromatic rings. The van der Waals surface area contributed by atoms with Crippen LogP contribution in [0.25, 0.3) is 11.4 Å². The Bertz CT molecular complexity index is 966. The summed E-state index contributed by atoms with van der Waals surface area (Å²) in [5.74, 6) is 1.95. The molecular formula is C23H27N5O. The van der Waals surface area contributed by atoms with E-state index in [1.165, 1.54) is 12.8 Å². The van der Waals surface area contributed by atoms with Gasteiger partial charge in [0.2, 0.25) is 5.91 Å². The Morgan fingerprint density at radius 3 is 2.79 bits per heavy atom. The maximum absolute atomic E-state index is 12.5. The second-order valence-corrected chi connectivity index (χ2v) is 7.55. The van der Waals surface area contributed by atoms with E-state index in [9.17, 15) is 4.79 Å². The van der Waals surface area contributed by atoms with Crippen LogP contribution in [0.2, 0.25) is 0 Å². The highest BCUT2D eigenvalue weighted by molar-refractivity contribution is 5.84. The van der Waals surface area contributed by atoms with E-state index in [0.717, 1.165) is 47.8 Å². The predicted octanol–water partition coefficient (Wildman–Crippen LogP) is 3.79. The summed E-state index contributed by atoms with van der Waals surface area (Å²) in [5.41, 5.74) is 3.01. The first kappa shape index (κ1) is 19.2. The Balaban J connectivity index is 1.42. The standard InChI is InChI=1S/C23H27N5O/c1-17(23(29)24-16-18-9-4-2-5-10-18)25-20-12-8-11-19(15-20)22-27-26-21-13-6-3-7-14-28(21)22/h2,4-5,8-12,15,17,25H,3,6-7,13-14,16H2,1H3,(H,24,29)/t17-/m0/s1. The van der Waals surface area contributed by atoms with Gasteiger partial charge >= 0.3 is 0 Å². The first-order valence-electron chi connectivity index (χ1n) is 10.3. The Labute approximate surface area is 171 Å². The number of aryl methyl sites for hydroxylation is 1. The summed E-state index contributed by atoms with van der Waals surface area (Å²) in [6, 6.07) is 17.6. The van der Waals surface area contributed by atoms with Gasteiger partial charge < -0.3 is 15.2 Å². The smallest absolute Gasteiger partial charge is 0.242 e. The molecule has 2 heterocycles. The molecule has 2 aromatic carbocycles. The van der Waals surface area contributed by atoms with E-state index >= 15 is 0 Å². The van der Waals surface area contributed by atoms with Crippen molar-refractivity contribution >= 4 is 11.6 Å². The van der Waals surface area contributed by atoms with E-state index in [2.05, 4.69) is 25.4 Å². The lowest BCUT2D eigenvalue weighted by Gasteiger charge is -2.16. The number of rotatable bonds is 6. The zero-order valence-electron chi connectivity index (χ0n) is 16.8. The molecule has 2 N–H and O–H groups in total. The lowest BCUT2D eigenvalue weighted by atomic mass is 10.1. The minimum Gasteiger partial charge on any atom is -0.374 e. The quantitative estimate of drug-likeness (QED) is 0.673. The Morgan fingerprint density at radius 2 is 1.93 bits per heavy atom. The van der Waals surface area contributed by atoms with E-state index in [-0.39, 0.29) is 11.9 Å². The molecule has 0 unspecified atom stereocenters. The highest BCUT2D eigenvalue weighted by atomic mass is 16.2. The lowest BCUT2D eigenvalue weighted by Crippen LogP contribution is -2.37. The van der Waals surface area contributed by atoms with Crippen LogP contribution >= 0.6 is 0 Å². The van der Waals surface area contributed by atoms with E-state index in [4.69, 9.17) is 0 Å². The fourth-order valence-corrected chi connectivity index (χ4v) is 3.70. The van der Waals surface area contributed by atoms with Crippen molar-refractivity contribution < 1.29 is 4.79 Å². The third-order valence-electron chi connectivity index (χ3n) is 5.32. The summed E-state index contributed by atoms with van der Waals surface area (Å²) in [6.45, 7) is 3.36. The van der Waals surface area contributed by atoms with Crippen molar-refractivity contribution in [3.63, 3.8) is 0 Å². The van der Waals surface area contributed by atoms with Crippen LogP contribution in [0.3, 0.4) is 0 Å². The minimum atomic E-state index is -0.343. The van der Waals surface area contributed by atoms with Gasteiger partial charge in [-0.2, -0.15) is 0 Å². The summed E-state index contributed by atoms with van der Waals surface area (Å²) in [5, 5.41) is 15.1. The molecule has 0 bridgehead atoms. The molecule has 150 valence electrons. The molecule has 0 saturated carbocycles. The van der Waals surface area contributed by atoms with Gasteiger partial charge in [-0.15, -0.1) is 10.2 Å². The normalized spacial score (nSPS) is 14.5. The van der Waals surface area contributed by atoms with Crippen molar-refractivity contribution in [2.24, 2.45) is 0 Å². The zero-order valence-corrected chi connectivity index (χ0v) is 16.8. The van der Waals surface area contributed by atoms with E-state index < -0.39 is 0 Å². The van der Waals surface area contributed by atoms with E-state index in [1.54, 1.807) is 0 Å². The molecule has 0 aliphatic carbocycles. The molecule has 1 aromatic heterocycles. The Kier molecular flexibility index (Phi) is 5.89. The highest BCUT2D eigenvalue weighted by Crippen LogP contribution is 2.25. The molecule has 1 amide bonds. The van der Waals surface area contributed by atoms with Crippen molar-refractivity contribution in [3.8, 4) is 11.4 Å². The number of anilines is 1. The van der Waals surface area contributed by atoms with Crippen LogP contribution in [-0.2, 0) is 24.3 Å². The number of carbonyl (C=O) groups excluding carboxylic acids is 1. The number of hydrogen-bond acceptors (Lipinski definition) is 4. The number of hydrogen-bond donors (Lipinski definition) is 2. The molecule has 1 aliphatic rings. The summed E-state index contributed by atoms with van der Waals surface area (Å²) < 4.78 is 2.24. The number of benzene rings is 2.